The molecule has 2 aromatic heterocycles. The highest BCUT2D eigenvalue weighted by molar-refractivity contribution is 5.69. The van der Waals surface area contributed by atoms with Crippen LogP contribution in [-0.4, -0.2) is 74.6 Å². The Morgan fingerprint density at radius 1 is 1.33 bits per heavy atom. The summed E-state index contributed by atoms with van der Waals surface area (Å²) in [6.45, 7) is 0.241. The lowest BCUT2D eigenvalue weighted by molar-refractivity contribution is -0.0785. The number of aliphatic hydroxyl groups excluding tert-OH is 2. The van der Waals surface area contributed by atoms with Gasteiger partial charge in [-0.25, -0.2) is 9.97 Å². The highest BCUT2D eigenvalue weighted by Crippen LogP contribution is 2.32. The zero-order valence-corrected chi connectivity index (χ0v) is 13.4. The standard InChI is InChI=1S/C14H20N4O6/c1-17-6-16-12-9(13(17)21)15-7-18(12)14-11(23-4-3-22-2)10(20)8(5-19)24-14/h6-8,10-11,14,19-20H,3-5H2,1-2H3/t8-,10+,11?,14-/m1/s1. The lowest BCUT2D eigenvalue weighted by Crippen LogP contribution is -2.36. The van der Waals surface area contributed by atoms with Crippen molar-refractivity contribution < 1.29 is 24.4 Å². The fourth-order valence-electron chi connectivity index (χ4n) is 2.72. The summed E-state index contributed by atoms with van der Waals surface area (Å²) in [7, 11) is 3.13. The number of rotatable bonds is 6. The maximum Gasteiger partial charge on any atom is 0.281 e. The van der Waals surface area contributed by atoms with Crippen LogP contribution in [0.25, 0.3) is 11.2 Å². The van der Waals surface area contributed by atoms with Crippen LogP contribution in [0.2, 0.25) is 0 Å². The summed E-state index contributed by atoms with van der Waals surface area (Å²) >= 11 is 0. The average molecular weight is 340 g/mol. The van der Waals surface area contributed by atoms with Gasteiger partial charge in [0.25, 0.3) is 5.56 Å². The van der Waals surface area contributed by atoms with Gasteiger partial charge in [0.05, 0.1) is 32.5 Å². The molecule has 2 aromatic rings. The number of methoxy groups -OCH3 is 1. The number of aromatic nitrogens is 4. The van der Waals surface area contributed by atoms with Gasteiger partial charge in [0.2, 0.25) is 0 Å². The van der Waals surface area contributed by atoms with Crippen molar-refractivity contribution in [1.82, 2.24) is 19.1 Å². The van der Waals surface area contributed by atoms with Crippen LogP contribution in [0, 0.1) is 0 Å². The van der Waals surface area contributed by atoms with Gasteiger partial charge in [0.1, 0.15) is 18.3 Å². The molecule has 0 amide bonds. The predicted molar refractivity (Wildman–Crippen MR) is 81.4 cm³/mol. The van der Waals surface area contributed by atoms with Crippen LogP contribution < -0.4 is 5.56 Å². The Morgan fingerprint density at radius 2 is 2.12 bits per heavy atom. The van der Waals surface area contributed by atoms with Crippen molar-refractivity contribution in [2.75, 3.05) is 26.9 Å². The van der Waals surface area contributed by atoms with Gasteiger partial charge in [-0.3, -0.25) is 9.36 Å². The third kappa shape index (κ3) is 2.82. The first-order valence-electron chi connectivity index (χ1n) is 7.51. The number of fused-ring (bicyclic) bond motifs is 1. The second kappa shape index (κ2) is 6.95. The summed E-state index contributed by atoms with van der Waals surface area (Å²) in [5.41, 5.74) is 0.239. The second-order valence-electron chi connectivity index (χ2n) is 5.55. The number of hydrogen-bond acceptors (Lipinski definition) is 8. The quantitative estimate of drug-likeness (QED) is 0.604. The molecule has 4 atom stereocenters. The van der Waals surface area contributed by atoms with E-state index in [-0.39, 0.29) is 24.3 Å². The summed E-state index contributed by atoms with van der Waals surface area (Å²) < 4.78 is 19.2. The summed E-state index contributed by atoms with van der Waals surface area (Å²) in [6.07, 6.45) is -0.534. The maximum absolute atomic E-state index is 12.1. The smallest absolute Gasteiger partial charge is 0.281 e. The zero-order chi connectivity index (χ0) is 17.3. The third-order valence-corrected chi connectivity index (χ3v) is 4.01. The maximum atomic E-state index is 12.1. The summed E-state index contributed by atoms with van der Waals surface area (Å²) in [6, 6.07) is 0. The normalized spacial score (nSPS) is 27.2. The fraction of sp³-hybridized carbons (Fsp3) is 0.643. The Morgan fingerprint density at radius 3 is 2.83 bits per heavy atom. The van der Waals surface area contributed by atoms with E-state index in [1.807, 2.05) is 0 Å². The molecule has 24 heavy (non-hydrogen) atoms. The first kappa shape index (κ1) is 17.0. The van der Waals surface area contributed by atoms with E-state index in [0.717, 1.165) is 0 Å². The van der Waals surface area contributed by atoms with Crippen molar-refractivity contribution in [2.45, 2.75) is 24.5 Å². The first-order chi connectivity index (χ1) is 11.6. The molecular weight excluding hydrogens is 320 g/mol. The van der Waals surface area contributed by atoms with Crippen LogP contribution in [0.15, 0.2) is 17.4 Å². The zero-order valence-electron chi connectivity index (χ0n) is 13.4. The molecule has 0 bridgehead atoms. The van der Waals surface area contributed by atoms with Gasteiger partial charge in [-0.1, -0.05) is 0 Å². The Balaban J connectivity index is 1.96. The molecule has 0 saturated carbocycles. The Bertz CT molecular complexity index is 759. The van der Waals surface area contributed by atoms with Crippen LogP contribution in [0.4, 0.5) is 0 Å². The molecular formula is C14H20N4O6. The van der Waals surface area contributed by atoms with Gasteiger partial charge in [-0.05, 0) is 0 Å². The number of hydrogen-bond donors (Lipinski definition) is 2. The van der Waals surface area contributed by atoms with E-state index in [1.54, 1.807) is 14.2 Å². The molecule has 0 spiro atoms. The first-order valence-corrected chi connectivity index (χ1v) is 7.51. The number of imidazole rings is 1. The highest BCUT2D eigenvalue weighted by atomic mass is 16.6. The third-order valence-electron chi connectivity index (χ3n) is 4.01. The molecule has 132 valence electrons. The Kier molecular flexibility index (Phi) is 4.92. The van der Waals surface area contributed by atoms with Crippen LogP contribution in [0.1, 0.15) is 6.23 Å². The van der Waals surface area contributed by atoms with Gasteiger partial charge in [0, 0.05) is 14.2 Å². The fourth-order valence-corrected chi connectivity index (χ4v) is 2.72. The van der Waals surface area contributed by atoms with Gasteiger partial charge >= 0.3 is 0 Å². The molecule has 1 aliphatic rings. The largest absolute Gasteiger partial charge is 0.394 e. The minimum Gasteiger partial charge on any atom is -0.394 e. The van der Waals surface area contributed by atoms with Gasteiger partial charge < -0.3 is 29.0 Å². The second-order valence-corrected chi connectivity index (χ2v) is 5.55. The van der Waals surface area contributed by atoms with Gasteiger partial charge in [-0.2, -0.15) is 0 Å². The molecule has 10 heteroatoms. The van der Waals surface area contributed by atoms with Crippen LogP contribution in [-0.2, 0) is 21.3 Å². The number of aryl methyl sites for hydroxylation is 1. The van der Waals surface area contributed by atoms with Crippen molar-refractivity contribution in [3.8, 4) is 0 Å². The number of ether oxygens (including phenoxy) is 3. The molecule has 3 rings (SSSR count). The average Bonchev–Trinajstić information content (AvgIpc) is 3.13. The molecule has 2 N–H and O–H groups in total. The molecule has 1 fully saturated rings. The lowest BCUT2D eigenvalue weighted by Gasteiger charge is -2.21. The van der Waals surface area contributed by atoms with Gasteiger partial charge in [0.15, 0.2) is 17.4 Å². The van der Waals surface area contributed by atoms with E-state index in [0.29, 0.717) is 12.3 Å². The summed E-state index contributed by atoms with van der Waals surface area (Å²) in [5, 5.41) is 19.7. The monoisotopic (exact) mass is 340 g/mol. The van der Waals surface area contributed by atoms with Gasteiger partial charge in [-0.15, -0.1) is 0 Å². The van der Waals surface area contributed by atoms with Crippen molar-refractivity contribution in [2.24, 2.45) is 7.05 Å². The van der Waals surface area contributed by atoms with Crippen molar-refractivity contribution in [3.05, 3.63) is 23.0 Å². The van der Waals surface area contributed by atoms with E-state index in [2.05, 4.69) is 9.97 Å². The Hall–Kier alpha value is -1.85. The minimum atomic E-state index is -1.03. The molecule has 1 unspecified atom stereocenters. The predicted octanol–water partition coefficient (Wildman–Crippen LogP) is -1.59. The molecule has 0 aromatic carbocycles. The van der Waals surface area contributed by atoms with E-state index in [4.69, 9.17) is 14.2 Å². The topological polar surface area (TPSA) is 121 Å². The van der Waals surface area contributed by atoms with E-state index in [1.165, 1.54) is 21.8 Å². The summed E-state index contributed by atoms with van der Waals surface area (Å²) in [5.74, 6) is 0. The summed E-state index contributed by atoms with van der Waals surface area (Å²) in [4.78, 5) is 20.4. The molecule has 3 heterocycles. The molecule has 0 aliphatic carbocycles. The van der Waals surface area contributed by atoms with Crippen LogP contribution >= 0.6 is 0 Å². The molecule has 1 saturated heterocycles. The van der Waals surface area contributed by atoms with E-state index < -0.39 is 24.5 Å². The molecule has 0 radical (unpaired) electrons. The van der Waals surface area contributed by atoms with Crippen LogP contribution in [0.3, 0.4) is 0 Å². The Labute approximate surface area is 137 Å². The van der Waals surface area contributed by atoms with Crippen LogP contribution in [0.5, 0.6) is 0 Å². The molecule has 10 nitrogen and oxygen atoms in total. The van der Waals surface area contributed by atoms with E-state index >= 15 is 0 Å². The van der Waals surface area contributed by atoms with Crippen molar-refractivity contribution >= 4 is 11.2 Å². The van der Waals surface area contributed by atoms with Crippen molar-refractivity contribution in [3.63, 3.8) is 0 Å². The highest BCUT2D eigenvalue weighted by Gasteiger charge is 2.45. The SMILES string of the molecule is COCCOC1[C@@H](O)[C@@H](CO)O[C@H]1n1cnc2c(=O)n(C)cnc21. The van der Waals surface area contributed by atoms with Crippen molar-refractivity contribution in [1.29, 1.82) is 0 Å². The minimum absolute atomic E-state index is 0.196. The molecule has 1 aliphatic heterocycles. The number of aliphatic hydroxyl groups is 2. The van der Waals surface area contributed by atoms with E-state index in [9.17, 15) is 15.0 Å². The lowest BCUT2D eigenvalue weighted by atomic mass is 10.1. The number of nitrogens with zero attached hydrogens (tertiary/aromatic N) is 4.